The fraction of sp³-hybridized carbons (Fsp3) is 0.364. The van der Waals surface area contributed by atoms with E-state index < -0.39 is 27.9 Å². The van der Waals surface area contributed by atoms with Crippen LogP contribution in [0.5, 0.6) is 5.75 Å². The molecule has 1 fully saturated rings. The van der Waals surface area contributed by atoms with Gasteiger partial charge in [0, 0.05) is 32.0 Å². The van der Waals surface area contributed by atoms with Gasteiger partial charge in [-0.25, -0.2) is 12.7 Å². The molecule has 10 heteroatoms. The second-order valence-electron chi connectivity index (χ2n) is 11.1. The van der Waals surface area contributed by atoms with Crippen molar-refractivity contribution in [2.45, 2.75) is 68.5 Å². The van der Waals surface area contributed by atoms with E-state index in [2.05, 4.69) is 5.32 Å². The van der Waals surface area contributed by atoms with Gasteiger partial charge in [-0.3, -0.25) is 14.4 Å². The molecule has 0 aromatic heterocycles. The Labute approximate surface area is 252 Å². The zero-order valence-corrected chi connectivity index (χ0v) is 25.1. The first-order valence-corrected chi connectivity index (χ1v) is 16.1. The minimum Gasteiger partial charge on any atom is -0.497 e. The van der Waals surface area contributed by atoms with Gasteiger partial charge in [-0.15, -0.1) is 0 Å². The van der Waals surface area contributed by atoms with Crippen molar-refractivity contribution >= 4 is 27.7 Å². The molecular weight excluding hydrogens is 566 g/mol. The highest BCUT2D eigenvalue weighted by atomic mass is 32.2. The van der Waals surface area contributed by atoms with E-state index in [9.17, 15) is 22.8 Å². The summed E-state index contributed by atoms with van der Waals surface area (Å²) < 4.78 is 32.4. The predicted molar refractivity (Wildman–Crippen MR) is 162 cm³/mol. The quantitative estimate of drug-likeness (QED) is 0.349. The van der Waals surface area contributed by atoms with Crippen molar-refractivity contribution in [3.05, 3.63) is 95.6 Å². The maximum absolute atomic E-state index is 14.1. The van der Waals surface area contributed by atoms with Crippen LogP contribution in [0.15, 0.2) is 83.8 Å². The van der Waals surface area contributed by atoms with Crippen molar-refractivity contribution in [1.82, 2.24) is 14.5 Å². The fourth-order valence-corrected chi connectivity index (χ4v) is 7.43. The maximum atomic E-state index is 14.1. The summed E-state index contributed by atoms with van der Waals surface area (Å²) >= 11 is 0. The van der Waals surface area contributed by atoms with Crippen LogP contribution in [0.25, 0.3) is 0 Å². The van der Waals surface area contributed by atoms with Crippen LogP contribution in [0.1, 0.15) is 60.0 Å². The number of carbonyl (C=O) groups is 3. The second-order valence-corrected chi connectivity index (χ2v) is 12.9. The summed E-state index contributed by atoms with van der Waals surface area (Å²) in [5.74, 6) is -0.716. The third-order valence-electron chi connectivity index (χ3n) is 8.15. The molecule has 3 amide bonds. The molecule has 9 nitrogen and oxygen atoms in total. The Kier molecular flexibility index (Phi) is 9.45. The van der Waals surface area contributed by atoms with Crippen molar-refractivity contribution in [2.24, 2.45) is 0 Å². The van der Waals surface area contributed by atoms with E-state index in [0.717, 1.165) is 47.5 Å². The lowest BCUT2D eigenvalue weighted by Gasteiger charge is -2.34. The monoisotopic (exact) mass is 603 g/mol. The molecule has 5 rings (SSSR count). The molecule has 0 bridgehead atoms. The molecule has 1 aliphatic carbocycles. The molecule has 3 aromatic rings. The summed E-state index contributed by atoms with van der Waals surface area (Å²) in [5.41, 5.74) is 1.74. The van der Waals surface area contributed by atoms with Gasteiger partial charge in [-0.2, -0.15) is 0 Å². The number of ether oxygens (including phenoxy) is 1. The molecule has 1 saturated carbocycles. The van der Waals surface area contributed by atoms with E-state index in [1.54, 1.807) is 25.3 Å². The summed E-state index contributed by atoms with van der Waals surface area (Å²) in [7, 11) is -2.51. The molecule has 1 atom stereocenters. The number of nitrogens with zero attached hydrogens (tertiary/aromatic N) is 2. The molecule has 1 aliphatic heterocycles. The minimum absolute atomic E-state index is 0.0409. The Bertz CT molecular complexity index is 1570. The molecule has 3 aromatic carbocycles. The lowest BCUT2D eigenvalue weighted by atomic mass is 9.94. The zero-order valence-electron chi connectivity index (χ0n) is 24.3. The Morgan fingerprint density at radius 2 is 1.65 bits per heavy atom. The lowest BCUT2D eigenvalue weighted by molar-refractivity contribution is -0.141. The lowest BCUT2D eigenvalue weighted by Crippen LogP contribution is -2.53. The van der Waals surface area contributed by atoms with Gasteiger partial charge < -0.3 is 15.0 Å². The first-order chi connectivity index (χ1) is 20.8. The van der Waals surface area contributed by atoms with Crippen molar-refractivity contribution in [2.75, 3.05) is 13.7 Å². The average Bonchev–Trinajstić information content (AvgIpc) is 3.22. The molecule has 1 N–H and O–H groups in total. The van der Waals surface area contributed by atoms with Gasteiger partial charge in [0.25, 0.3) is 15.9 Å². The van der Waals surface area contributed by atoms with Crippen LogP contribution in [0.4, 0.5) is 0 Å². The highest BCUT2D eigenvalue weighted by Gasteiger charge is 2.41. The number of rotatable bonds is 11. The second kappa shape index (κ2) is 13.4. The third kappa shape index (κ3) is 6.91. The molecule has 0 spiro atoms. The number of amides is 3. The largest absolute Gasteiger partial charge is 0.497 e. The van der Waals surface area contributed by atoms with Gasteiger partial charge in [0.05, 0.1) is 12.7 Å². The van der Waals surface area contributed by atoms with Gasteiger partial charge >= 0.3 is 0 Å². The molecule has 226 valence electrons. The van der Waals surface area contributed by atoms with E-state index in [1.807, 2.05) is 48.5 Å². The van der Waals surface area contributed by atoms with E-state index >= 15 is 0 Å². The average molecular weight is 604 g/mol. The van der Waals surface area contributed by atoms with Gasteiger partial charge in [-0.1, -0.05) is 73.9 Å². The van der Waals surface area contributed by atoms with E-state index in [0.29, 0.717) is 5.75 Å². The summed E-state index contributed by atoms with van der Waals surface area (Å²) in [4.78, 5) is 42.5. The van der Waals surface area contributed by atoms with E-state index in [4.69, 9.17) is 4.74 Å². The van der Waals surface area contributed by atoms with Gasteiger partial charge in [0.15, 0.2) is 0 Å². The van der Waals surface area contributed by atoms with Gasteiger partial charge in [0.1, 0.15) is 16.7 Å². The molecule has 43 heavy (non-hydrogen) atoms. The molecule has 0 radical (unpaired) electrons. The van der Waals surface area contributed by atoms with Crippen molar-refractivity contribution in [1.29, 1.82) is 0 Å². The highest BCUT2D eigenvalue weighted by Crippen LogP contribution is 2.30. The maximum Gasteiger partial charge on any atom is 0.269 e. The van der Waals surface area contributed by atoms with Crippen molar-refractivity contribution in [3.63, 3.8) is 0 Å². The van der Waals surface area contributed by atoms with Crippen LogP contribution in [0.2, 0.25) is 0 Å². The number of methoxy groups -OCH3 is 1. The first kappa shape index (κ1) is 30.3. The third-order valence-corrected chi connectivity index (χ3v) is 9.99. The normalized spacial score (nSPS) is 16.8. The van der Waals surface area contributed by atoms with Crippen LogP contribution < -0.4 is 10.1 Å². The Balaban J connectivity index is 1.44. The number of nitrogens with one attached hydrogen (secondary N) is 1. The number of benzene rings is 3. The van der Waals surface area contributed by atoms with E-state index in [-0.39, 0.29) is 48.3 Å². The molecule has 1 heterocycles. The van der Waals surface area contributed by atoms with Crippen LogP contribution in [0.3, 0.4) is 0 Å². The van der Waals surface area contributed by atoms with Gasteiger partial charge in [0.2, 0.25) is 11.8 Å². The van der Waals surface area contributed by atoms with Crippen LogP contribution in [0, 0.1) is 0 Å². The number of sulfonamides is 1. The zero-order chi connectivity index (χ0) is 30.4. The SMILES string of the molecule is COc1cccc(CN(C(=O)CCN2C(=O)c3ccccc3S2(=O)=O)C(Cc2ccccc2)C(=O)NC2CCCCC2)c1. The first-order valence-electron chi connectivity index (χ1n) is 14.7. The molecule has 0 saturated heterocycles. The smallest absolute Gasteiger partial charge is 0.269 e. The summed E-state index contributed by atoms with van der Waals surface area (Å²) in [6.45, 7) is -0.224. The standard InChI is InChI=1S/C33H37N3O6S/c1-42-27-16-10-13-25(21-27)23-35(31(37)19-20-36-33(39)28-17-8-9-18-30(28)43(36,40)41)29(22-24-11-4-2-5-12-24)32(38)34-26-14-6-3-7-15-26/h2,4-5,8-13,16-18,21,26,29H,3,6-7,14-15,19-20,22-23H2,1H3,(H,34,38). The Hall–Kier alpha value is -4.18. The fourth-order valence-electron chi connectivity index (χ4n) is 5.86. The van der Waals surface area contributed by atoms with Crippen LogP contribution in [-0.2, 0) is 32.6 Å². The van der Waals surface area contributed by atoms with Crippen LogP contribution >= 0.6 is 0 Å². The number of hydrogen-bond donors (Lipinski definition) is 1. The summed E-state index contributed by atoms with van der Waals surface area (Å²) in [6.07, 6.45) is 5.02. The molecular formula is C33H37N3O6S. The van der Waals surface area contributed by atoms with Crippen molar-refractivity contribution < 1.29 is 27.5 Å². The van der Waals surface area contributed by atoms with Crippen LogP contribution in [-0.4, -0.2) is 61.1 Å². The van der Waals surface area contributed by atoms with Gasteiger partial charge in [-0.05, 0) is 48.2 Å². The summed E-state index contributed by atoms with van der Waals surface area (Å²) in [5, 5.41) is 3.19. The molecule has 2 aliphatic rings. The van der Waals surface area contributed by atoms with Crippen molar-refractivity contribution in [3.8, 4) is 5.75 Å². The Morgan fingerprint density at radius 1 is 0.953 bits per heavy atom. The Morgan fingerprint density at radius 3 is 2.37 bits per heavy atom. The predicted octanol–water partition coefficient (Wildman–Crippen LogP) is 4.32. The minimum atomic E-state index is -4.07. The number of fused-ring (bicyclic) bond motifs is 1. The topological polar surface area (TPSA) is 113 Å². The highest BCUT2D eigenvalue weighted by molar-refractivity contribution is 7.90. The number of hydrogen-bond acceptors (Lipinski definition) is 6. The number of carbonyl (C=O) groups excluding carboxylic acids is 3. The van der Waals surface area contributed by atoms with E-state index in [1.165, 1.54) is 17.0 Å². The summed E-state index contributed by atoms with van der Waals surface area (Å²) in [6, 6.07) is 22.0. The molecule has 1 unspecified atom stereocenters.